The largest absolute Gasteiger partial charge is 0.348 e. The van der Waals surface area contributed by atoms with Crippen LogP contribution in [0.1, 0.15) is 12.8 Å². The SMILES string of the molecule is O=[N+]([O-])c1cc(S(=O)(=O)C2CCN(c3nc(-c4ccsc4)cs3)CC2)sc1Cl. The molecule has 3 aromatic heterocycles. The van der Waals surface area contributed by atoms with Crippen LogP contribution in [0, 0.1) is 10.1 Å². The Morgan fingerprint density at radius 1 is 1.29 bits per heavy atom. The summed E-state index contributed by atoms with van der Waals surface area (Å²) in [6.07, 6.45) is 0.887. The molecule has 0 spiro atoms. The molecule has 28 heavy (non-hydrogen) atoms. The number of halogens is 1. The maximum Gasteiger partial charge on any atom is 0.300 e. The number of piperidine rings is 1. The van der Waals surface area contributed by atoms with Crippen molar-refractivity contribution in [2.45, 2.75) is 22.3 Å². The summed E-state index contributed by atoms with van der Waals surface area (Å²) in [5.41, 5.74) is 1.66. The quantitative estimate of drug-likeness (QED) is 0.383. The minimum Gasteiger partial charge on any atom is -0.348 e. The van der Waals surface area contributed by atoms with Gasteiger partial charge in [-0.2, -0.15) is 11.3 Å². The van der Waals surface area contributed by atoms with E-state index in [9.17, 15) is 18.5 Å². The van der Waals surface area contributed by atoms with Gasteiger partial charge in [-0.1, -0.05) is 11.6 Å². The molecule has 0 aliphatic carbocycles. The van der Waals surface area contributed by atoms with E-state index in [-0.39, 0.29) is 14.2 Å². The maximum atomic E-state index is 12.9. The smallest absolute Gasteiger partial charge is 0.300 e. The first kappa shape index (κ1) is 19.8. The van der Waals surface area contributed by atoms with Gasteiger partial charge < -0.3 is 4.90 Å². The first-order valence-electron chi connectivity index (χ1n) is 8.27. The third-order valence-electron chi connectivity index (χ3n) is 4.58. The Hall–Kier alpha value is -1.53. The van der Waals surface area contributed by atoms with Gasteiger partial charge in [0.2, 0.25) is 0 Å². The van der Waals surface area contributed by atoms with E-state index in [1.54, 1.807) is 22.7 Å². The topological polar surface area (TPSA) is 93.4 Å². The van der Waals surface area contributed by atoms with E-state index in [2.05, 4.69) is 9.88 Å². The summed E-state index contributed by atoms with van der Waals surface area (Å²) in [5.74, 6) is 0. The molecular weight excluding hydrogens is 462 g/mol. The van der Waals surface area contributed by atoms with Gasteiger partial charge in [0.1, 0.15) is 4.21 Å². The van der Waals surface area contributed by atoms with Crippen LogP contribution in [0.5, 0.6) is 0 Å². The molecule has 0 amide bonds. The number of thiazole rings is 1. The van der Waals surface area contributed by atoms with Gasteiger partial charge in [-0.05, 0) is 24.3 Å². The van der Waals surface area contributed by atoms with Crippen molar-refractivity contribution in [2.75, 3.05) is 18.0 Å². The van der Waals surface area contributed by atoms with Gasteiger partial charge in [0.25, 0.3) is 5.69 Å². The number of nitrogens with zero attached hydrogens (tertiary/aromatic N) is 3. The van der Waals surface area contributed by atoms with Crippen LogP contribution in [0.3, 0.4) is 0 Å². The molecule has 0 saturated carbocycles. The van der Waals surface area contributed by atoms with Crippen LogP contribution < -0.4 is 4.90 Å². The fourth-order valence-electron chi connectivity index (χ4n) is 3.08. The zero-order valence-corrected chi connectivity index (χ0v) is 18.3. The lowest BCUT2D eigenvalue weighted by molar-refractivity contribution is -0.384. The average molecular weight is 476 g/mol. The van der Waals surface area contributed by atoms with E-state index in [1.807, 2.05) is 22.2 Å². The van der Waals surface area contributed by atoms with E-state index in [4.69, 9.17) is 11.6 Å². The Morgan fingerprint density at radius 2 is 2.04 bits per heavy atom. The standard InChI is InChI=1S/C16H14ClN3O4S4/c17-15-13(20(21)22)7-14(27-15)28(23,24)11-1-4-19(5-2-11)16-18-12(9-26-16)10-3-6-25-8-10/h3,6-9,11H,1-2,4-5H2. The summed E-state index contributed by atoms with van der Waals surface area (Å²) in [6, 6.07) is 3.09. The second-order valence-electron chi connectivity index (χ2n) is 6.24. The molecule has 3 aromatic rings. The van der Waals surface area contributed by atoms with Crippen LogP contribution in [-0.4, -0.2) is 36.7 Å². The van der Waals surface area contributed by atoms with Gasteiger partial charge in [0, 0.05) is 35.5 Å². The number of thiophene rings is 2. The third kappa shape index (κ3) is 3.69. The summed E-state index contributed by atoms with van der Waals surface area (Å²) in [6.45, 7) is 1.14. The molecule has 148 valence electrons. The molecule has 0 N–H and O–H groups in total. The van der Waals surface area contributed by atoms with Gasteiger partial charge >= 0.3 is 0 Å². The predicted octanol–water partition coefficient (Wildman–Crippen LogP) is 4.94. The predicted molar refractivity (Wildman–Crippen MR) is 114 cm³/mol. The molecule has 0 radical (unpaired) electrons. The first-order valence-corrected chi connectivity index (χ1v) is 12.8. The van der Waals surface area contributed by atoms with Crippen LogP contribution in [0.4, 0.5) is 10.8 Å². The summed E-state index contributed by atoms with van der Waals surface area (Å²) >= 11 is 9.75. The number of nitro groups is 1. The molecule has 0 bridgehead atoms. The average Bonchev–Trinajstić information content (AvgIpc) is 3.41. The molecule has 1 aliphatic heterocycles. The van der Waals surface area contributed by atoms with E-state index >= 15 is 0 Å². The number of hydrogen-bond acceptors (Lipinski definition) is 9. The van der Waals surface area contributed by atoms with Crippen molar-refractivity contribution in [1.82, 2.24) is 4.98 Å². The number of aromatic nitrogens is 1. The normalized spacial score (nSPS) is 15.8. The molecule has 12 heteroatoms. The van der Waals surface area contributed by atoms with Crippen molar-refractivity contribution in [3.05, 3.63) is 42.7 Å². The first-order chi connectivity index (χ1) is 13.4. The Labute approximate surface area is 178 Å². The Kier molecular flexibility index (Phi) is 5.45. The minimum absolute atomic E-state index is 0.0309. The molecule has 4 rings (SSSR count). The third-order valence-corrected chi connectivity index (χ3v) is 10.3. The summed E-state index contributed by atoms with van der Waals surface area (Å²) in [5, 5.41) is 17.3. The molecule has 0 atom stereocenters. The lowest BCUT2D eigenvalue weighted by Gasteiger charge is -2.31. The van der Waals surface area contributed by atoms with Crippen LogP contribution in [0.15, 0.2) is 32.5 Å². The van der Waals surface area contributed by atoms with Gasteiger partial charge in [0.05, 0.1) is 15.9 Å². The van der Waals surface area contributed by atoms with Crippen molar-refractivity contribution in [3.63, 3.8) is 0 Å². The highest BCUT2D eigenvalue weighted by Gasteiger charge is 2.35. The Balaban J connectivity index is 1.46. The van der Waals surface area contributed by atoms with Gasteiger partial charge in [-0.25, -0.2) is 13.4 Å². The van der Waals surface area contributed by atoms with Crippen molar-refractivity contribution < 1.29 is 13.3 Å². The Morgan fingerprint density at radius 3 is 2.64 bits per heavy atom. The highest BCUT2D eigenvalue weighted by molar-refractivity contribution is 7.94. The Bertz CT molecular complexity index is 1100. The fraction of sp³-hybridized carbons (Fsp3) is 0.312. The second kappa shape index (κ2) is 7.71. The summed E-state index contributed by atoms with van der Waals surface area (Å²) in [7, 11) is -3.65. The molecule has 0 unspecified atom stereocenters. The molecule has 1 saturated heterocycles. The lowest BCUT2D eigenvalue weighted by atomic mass is 10.1. The fourth-order valence-corrected chi connectivity index (χ4v) is 8.27. The van der Waals surface area contributed by atoms with Crippen molar-refractivity contribution in [2.24, 2.45) is 0 Å². The van der Waals surface area contributed by atoms with E-state index in [1.165, 1.54) is 0 Å². The van der Waals surface area contributed by atoms with Crippen LogP contribution >= 0.6 is 45.6 Å². The zero-order valence-electron chi connectivity index (χ0n) is 14.3. The number of sulfone groups is 1. The monoisotopic (exact) mass is 475 g/mol. The van der Waals surface area contributed by atoms with Gasteiger partial charge in [0.15, 0.2) is 19.3 Å². The number of rotatable bonds is 5. The molecule has 4 heterocycles. The van der Waals surface area contributed by atoms with E-state index < -0.39 is 20.0 Å². The van der Waals surface area contributed by atoms with Gasteiger partial charge in [-0.3, -0.25) is 10.1 Å². The van der Waals surface area contributed by atoms with Crippen LogP contribution in [0.2, 0.25) is 4.34 Å². The molecule has 1 fully saturated rings. The molecule has 1 aliphatic rings. The molecular formula is C16H14ClN3O4S4. The number of anilines is 1. The van der Waals surface area contributed by atoms with Crippen molar-refractivity contribution in [3.8, 4) is 11.3 Å². The molecule has 0 aromatic carbocycles. The molecule has 7 nitrogen and oxygen atoms in total. The van der Waals surface area contributed by atoms with Crippen molar-refractivity contribution >= 4 is 66.3 Å². The van der Waals surface area contributed by atoms with E-state index in [0.717, 1.165) is 33.8 Å². The summed E-state index contributed by atoms with van der Waals surface area (Å²) < 4.78 is 25.6. The maximum absolute atomic E-state index is 12.9. The van der Waals surface area contributed by atoms with Gasteiger partial charge in [-0.15, -0.1) is 22.7 Å². The highest BCUT2D eigenvalue weighted by atomic mass is 35.5. The van der Waals surface area contributed by atoms with E-state index in [0.29, 0.717) is 25.9 Å². The van der Waals surface area contributed by atoms with Crippen molar-refractivity contribution in [1.29, 1.82) is 0 Å². The summed E-state index contributed by atoms with van der Waals surface area (Å²) in [4.78, 5) is 17.0. The van der Waals surface area contributed by atoms with Crippen LogP contribution in [-0.2, 0) is 9.84 Å². The zero-order chi connectivity index (χ0) is 19.9. The number of hydrogen-bond donors (Lipinski definition) is 0. The minimum atomic E-state index is -3.65. The highest BCUT2D eigenvalue weighted by Crippen LogP contribution is 2.39. The van der Waals surface area contributed by atoms with Crippen LogP contribution in [0.25, 0.3) is 11.3 Å². The lowest BCUT2D eigenvalue weighted by Crippen LogP contribution is -2.39. The second-order valence-corrected chi connectivity index (χ2v) is 12.0.